The van der Waals surface area contributed by atoms with Crippen LogP contribution >= 0.6 is 0 Å². The minimum absolute atomic E-state index is 0.0988. The van der Waals surface area contributed by atoms with Crippen LogP contribution in [0, 0.1) is 0 Å². The molecule has 0 bridgehead atoms. The zero-order valence-electron chi connectivity index (χ0n) is 5.56. The first-order valence-electron chi connectivity index (χ1n) is 3.24. The van der Waals surface area contributed by atoms with Gasteiger partial charge in [0.25, 0.3) is 0 Å². The zero-order valence-corrected chi connectivity index (χ0v) is 5.56. The van der Waals surface area contributed by atoms with Crippen molar-refractivity contribution in [3.63, 3.8) is 0 Å². The molecule has 10 heavy (non-hydrogen) atoms. The number of rotatable bonds is 0. The average Bonchev–Trinajstić information content (AvgIpc) is 1.82. The summed E-state index contributed by atoms with van der Waals surface area (Å²) in [7, 11) is 0. The summed E-state index contributed by atoms with van der Waals surface area (Å²) in [5.74, 6) is 0. The monoisotopic (exact) mass is 148 g/mol. The number of hydrogen-bond acceptors (Lipinski definition) is 1. The molecule has 0 amide bonds. The highest BCUT2D eigenvalue weighted by Crippen LogP contribution is 2.27. The van der Waals surface area contributed by atoms with Gasteiger partial charge in [-0.15, -0.1) is 0 Å². The average molecular weight is 148 g/mol. The Morgan fingerprint density at radius 1 is 1.30 bits per heavy atom. The fourth-order valence-electron chi connectivity index (χ4n) is 1.10. The van der Waals surface area contributed by atoms with Gasteiger partial charge in [0.1, 0.15) is 18.4 Å². The van der Waals surface area contributed by atoms with Gasteiger partial charge in [0.2, 0.25) is 0 Å². The van der Waals surface area contributed by atoms with E-state index in [9.17, 15) is 8.78 Å². The van der Waals surface area contributed by atoms with Gasteiger partial charge < -0.3 is 5.11 Å². The fourth-order valence-corrected chi connectivity index (χ4v) is 1.10. The maximum absolute atomic E-state index is 12.5. The maximum atomic E-state index is 12.5. The van der Waals surface area contributed by atoms with E-state index >= 15 is 0 Å². The molecule has 1 nitrogen and oxygen atoms in total. The summed E-state index contributed by atoms with van der Waals surface area (Å²) >= 11 is 0. The molecule has 1 N–H and O–H groups in total. The number of allylic oxidation sites excluding steroid dienone is 1. The molecule has 0 aromatic carbocycles. The lowest BCUT2D eigenvalue weighted by molar-refractivity contribution is -0.00229. The van der Waals surface area contributed by atoms with Gasteiger partial charge in [0.05, 0.1) is 0 Å². The first kappa shape index (κ1) is 7.66. The molecule has 2 unspecified atom stereocenters. The fraction of sp³-hybridized carbons (Fsp3) is 0.714. The highest BCUT2D eigenvalue weighted by Gasteiger charge is 2.33. The molecule has 0 saturated heterocycles. The first-order valence-corrected chi connectivity index (χ1v) is 3.24. The van der Waals surface area contributed by atoms with Crippen LogP contribution in [0.25, 0.3) is 0 Å². The molecule has 1 aliphatic rings. The van der Waals surface area contributed by atoms with Gasteiger partial charge in [-0.25, -0.2) is 8.78 Å². The van der Waals surface area contributed by atoms with Gasteiger partial charge in [-0.3, -0.25) is 0 Å². The van der Waals surface area contributed by atoms with Crippen molar-refractivity contribution < 1.29 is 13.9 Å². The van der Waals surface area contributed by atoms with Crippen molar-refractivity contribution in [3.8, 4) is 0 Å². The largest absolute Gasteiger partial charge is 0.387 e. The van der Waals surface area contributed by atoms with E-state index in [0.29, 0.717) is 5.57 Å². The number of alkyl halides is 2. The summed E-state index contributed by atoms with van der Waals surface area (Å²) in [6.07, 6.45) is -4.17. The topological polar surface area (TPSA) is 20.2 Å². The SMILES string of the molecule is C=C1CC(F)C(O)C(F)C1. The second kappa shape index (κ2) is 2.66. The summed E-state index contributed by atoms with van der Waals surface area (Å²) in [6, 6.07) is 0. The van der Waals surface area contributed by atoms with Crippen molar-refractivity contribution in [1.82, 2.24) is 0 Å². The normalized spacial score (nSPS) is 41.9. The molecule has 0 aromatic rings. The van der Waals surface area contributed by atoms with Crippen LogP contribution in [-0.4, -0.2) is 23.6 Å². The Morgan fingerprint density at radius 2 is 1.70 bits per heavy atom. The van der Waals surface area contributed by atoms with Gasteiger partial charge in [0.15, 0.2) is 0 Å². The van der Waals surface area contributed by atoms with Crippen molar-refractivity contribution in [1.29, 1.82) is 0 Å². The highest BCUT2D eigenvalue weighted by atomic mass is 19.1. The molecule has 1 aliphatic carbocycles. The van der Waals surface area contributed by atoms with Crippen molar-refractivity contribution in [2.75, 3.05) is 0 Å². The number of aliphatic hydroxyl groups is 1. The van der Waals surface area contributed by atoms with Crippen LogP contribution in [0.1, 0.15) is 12.8 Å². The summed E-state index contributed by atoms with van der Waals surface area (Å²) in [6.45, 7) is 3.46. The molecule has 0 heterocycles. The minimum Gasteiger partial charge on any atom is -0.387 e. The lowest BCUT2D eigenvalue weighted by atomic mass is 9.91. The molecule has 2 atom stereocenters. The summed E-state index contributed by atoms with van der Waals surface area (Å²) in [4.78, 5) is 0. The van der Waals surface area contributed by atoms with Crippen LogP contribution in [0.5, 0.6) is 0 Å². The van der Waals surface area contributed by atoms with Gasteiger partial charge in [-0.2, -0.15) is 0 Å². The molecule has 0 aromatic heterocycles. The number of hydrogen-bond donors (Lipinski definition) is 1. The van der Waals surface area contributed by atoms with Crippen LogP contribution in [0.3, 0.4) is 0 Å². The summed E-state index contributed by atoms with van der Waals surface area (Å²) in [5.41, 5.74) is 0.547. The molecule has 1 rings (SSSR count). The van der Waals surface area contributed by atoms with E-state index in [0.717, 1.165) is 0 Å². The van der Waals surface area contributed by atoms with E-state index in [1.807, 2.05) is 0 Å². The smallest absolute Gasteiger partial charge is 0.132 e. The van der Waals surface area contributed by atoms with Gasteiger partial charge in [-0.05, 0) is 0 Å². The Labute approximate surface area is 58.4 Å². The van der Waals surface area contributed by atoms with E-state index in [1.165, 1.54) is 0 Å². The summed E-state index contributed by atoms with van der Waals surface area (Å²) in [5, 5.41) is 8.77. The molecular weight excluding hydrogens is 138 g/mol. The standard InChI is InChI=1S/C7H10F2O/c1-4-2-5(8)7(10)6(9)3-4/h5-7,10H,1-3H2. The molecule has 3 heteroatoms. The number of aliphatic hydroxyl groups excluding tert-OH is 1. The second-order valence-corrected chi connectivity index (χ2v) is 2.68. The first-order chi connectivity index (χ1) is 4.61. The third-order valence-corrected chi connectivity index (χ3v) is 1.71. The molecule has 1 saturated carbocycles. The van der Waals surface area contributed by atoms with E-state index < -0.39 is 18.4 Å². The van der Waals surface area contributed by atoms with Crippen LogP contribution < -0.4 is 0 Å². The third-order valence-electron chi connectivity index (χ3n) is 1.71. The molecule has 0 radical (unpaired) electrons. The predicted molar refractivity (Wildman–Crippen MR) is 34.2 cm³/mol. The Morgan fingerprint density at radius 3 is 2.10 bits per heavy atom. The molecule has 0 aliphatic heterocycles. The van der Waals surface area contributed by atoms with E-state index in [-0.39, 0.29) is 12.8 Å². The Bertz CT molecular complexity index is 133. The zero-order chi connectivity index (χ0) is 7.72. The van der Waals surface area contributed by atoms with Crippen molar-refractivity contribution in [2.45, 2.75) is 31.3 Å². The predicted octanol–water partition coefficient (Wildman–Crippen LogP) is 1.37. The Hall–Kier alpha value is -0.440. The second-order valence-electron chi connectivity index (χ2n) is 2.68. The molecule has 58 valence electrons. The lowest BCUT2D eigenvalue weighted by Gasteiger charge is -2.26. The van der Waals surface area contributed by atoms with Crippen molar-refractivity contribution >= 4 is 0 Å². The quantitative estimate of drug-likeness (QED) is 0.514. The van der Waals surface area contributed by atoms with E-state index in [4.69, 9.17) is 5.11 Å². The molecule has 0 spiro atoms. The Kier molecular flexibility index (Phi) is 2.04. The van der Waals surface area contributed by atoms with Crippen LogP contribution in [0.15, 0.2) is 12.2 Å². The molecule has 1 fully saturated rings. The maximum Gasteiger partial charge on any atom is 0.132 e. The molecular formula is C7H10F2O. The Balaban J connectivity index is 2.57. The van der Waals surface area contributed by atoms with Crippen LogP contribution in [0.2, 0.25) is 0 Å². The van der Waals surface area contributed by atoms with Crippen molar-refractivity contribution in [2.24, 2.45) is 0 Å². The van der Waals surface area contributed by atoms with E-state index in [2.05, 4.69) is 6.58 Å². The van der Waals surface area contributed by atoms with Crippen LogP contribution in [0.4, 0.5) is 8.78 Å². The summed E-state index contributed by atoms with van der Waals surface area (Å²) < 4.78 is 25.1. The minimum atomic E-state index is -1.46. The number of halogens is 2. The van der Waals surface area contributed by atoms with Crippen LogP contribution in [-0.2, 0) is 0 Å². The van der Waals surface area contributed by atoms with E-state index in [1.54, 1.807) is 0 Å². The third kappa shape index (κ3) is 1.34. The van der Waals surface area contributed by atoms with Gasteiger partial charge in [0, 0.05) is 12.8 Å². The van der Waals surface area contributed by atoms with Gasteiger partial charge in [-0.1, -0.05) is 12.2 Å². The highest BCUT2D eigenvalue weighted by molar-refractivity contribution is 5.06. The van der Waals surface area contributed by atoms with Crippen molar-refractivity contribution in [3.05, 3.63) is 12.2 Å². The lowest BCUT2D eigenvalue weighted by Crippen LogP contribution is -2.36. The van der Waals surface area contributed by atoms with Gasteiger partial charge >= 0.3 is 0 Å².